The van der Waals surface area contributed by atoms with Crippen LogP contribution in [-0.2, 0) is 0 Å². The van der Waals surface area contributed by atoms with Crippen LogP contribution in [0.15, 0.2) is 115 Å². The second kappa shape index (κ2) is 8.28. The van der Waals surface area contributed by atoms with Gasteiger partial charge in [0.25, 0.3) is 0 Å². The Morgan fingerprint density at radius 3 is 2.38 bits per heavy atom. The summed E-state index contributed by atoms with van der Waals surface area (Å²) < 4.78 is 6.77. The van der Waals surface area contributed by atoms with Crippen molar-refractivity contribution >= 4 is 55.3 Å². The lowest BCUT2D eigenvalue weighted by molar-refractivity contribution is 0.339. The average molecular weight is 509 g/mol. The molecule has 7 heteroatoms. The first kappa shape index (κ1) is 20.4. The molecule has 6 rings (SSSR count). The van der Waals surface area contributed by atoms with Crippen molar-refractivity contribution in [1.29, 1.82) is 0 Å². The molecule has 34 heavy (non-hydrogen) atoms. The summed E-state index contributed by atoms with van der Waals surface area (Å²) in [7, 11) is 0. The van der Waals surface area contributed by atoms with Crippen molar-refractivity contribution in [2.75, 3.05) is 5.32 Å². The molecule has 0 spiro atoms. The molecule has 0 saturated carbocycles. The second-order valence-corrected chi connectivity index (χ2v) is 8.68. The van der Waals surface area contributed by atoms with Crippen LogP contribution in [-0.4, -0.2) is 10.9 Å². The summed E-state index contributed by atoms with van der Waals surface area (Å²) in [5.74, 6) is 0.663. The minimum Gasteiger partial charge on any atom is -0.479 e. The van der Waals surface area contributed by atoms with E-state index in [0.717, 1.165) is 32.2 Å². The van der Waals surface area contributed by atoms with Crippen LogP contribution in [0, 0.1) is 0 Å². The van der Waals surface area contributed by atoms with Gasteiger partial charge in [-0.3, -0.25) is 0 Å². The molecule has 0 unspecified atom stereocenters. The topological polar surface area (TPSA) is 82.5 Å². The van der Waals surface area contributed by atoms with Gasteiger partial charge in [0, 0.05) is 21.1 Å². The van der Waals surface area contributed by atoms with E-state index in [1.807, 2.05) is 78.9 Å². The van der Waals surface area contributed by atoms with Gasteiger partial charge in [0.1, 0.15) is 5.84 Å². The number of nitrogens with zero attached hydrogens (tertiary/aromatic N) is 3. The van der Waals surface area contributed by atoms with Crippen molar-refractivity contribution < 1.29 is 9.52 Å². The van der Waals surface area contributed by atoms with E-state index in [9.17, 15) is 5.11 Å². The Balaban J connectivity index is 1.55. The van der Waals surface area contributed by atoms with Gasteiger partial charge < -0.3 is 14.8 Å². The van der Waals surface area contributed by atoms with Crippen LogP contribution < -0.4 is 5.32 Å². The van der Waals surface area contributed by atoms with Gasteiger partial charge in [-0.15, -0.1) is 5.11 Å². The van der Waals surface area contributed by atoms with Crippen molar-refractivity contribution in [2.24, 2.45) is 15.2 Å². The fraction of sp³-hybridized carbons (Fsp3) is 0. The highest BCUT2D eigenvalue weighted by molar-refractivity contribution is 9.10. The maximum absolute atomic E-state index is 10.8. The summed E-state index contributed by atoms with van der Waals surface area (Å²) >= 11 is 3.42. The number of aromatic hydroxyl groups is 1. The second-order valence-electron chi connectivity index (χ2n) is 7.77. The molecule has 0 radical (unpaired) electrons. The number of furan rings is 1. The summed E-state index contributed by atoms with van der Waals surface area (Å²) in [6.07, 6.45) is 0. The van der Waals surface area contributed by atoms with Crippen molar-refractivity contribution in [3.63, 3.8) is 0 Å². The summed E-state index contributed by atoms with van der Waals surface area (Å²) in [5.41, 5.74) is 3.94. The highest BCUT2D eigenvalue weighted by Crippen LogP contribution is 2.45. The average Bonchev–Trinajstić information content (AvgIpc) is 3.20. The largest absolute Gasteiger partial charge is 0.479 e. The first-order valence-electron chi connectivity index (χ1n) is 10.6. The number of nitrogens with one attached hydrogen (secondary N) is 1. The van der Waals surface area contributed by atoms with Gasteiger partial charge in [0.15, 0.2) is 11.4 Å². The number of hydrogen-bond donors (Lipinski definition) is 2. The van der Waals surface area contributed by atoms with E-state index in [2.05, 4.69) is 43.6 Å². The van der Waals surface area contributed by atoms with E-state index >= 15 is 0 Å². The third kappa shape index (κ3) is 3.56. The molecule has 0 aliphatic carbocycles. The van der Waals surface area contributed by atoms with Crippen LogP contribution in [0.25, 0.3) is 22.1 Å². The molecule has 0 bridgehead atoms. The van der Waals surface area contributed by atoms with E-state index < -0.39 is 0 Å². The quantitative estimate of drug-likeness (QED) is 0.238. The van der Waals surface area contributed by atoms with E-state index in [-0.39, 0.29) is 11.6 Å². The molecule has 1 aliphatic rings. The molecule has 0 atom stereocenters. The van der Waals surface area contributed by atoms with Crippen molar-refractivity contribution in [2.45, 2.75) is 0 Å². The van der Waals surface area contributed by atoms with Crippen LogP contribution in [0.2, 0.25) is 0 Å². The lowest BCUT2D eigenvalue weighted by Crippen LogP contribution is -2.16. The summed E-state index contributed by atoms with van der Waals surface area (Å²) in [6, 6.07) is 29.1. The minimum absolute atomic E-state index is 0.208. The highest BCUT2D eigenvalue weighted by Gasteiger charge is 2.28. The molecule has 0 saturated heterocycles. The fourth-order valence-electron chi connectivity index (χ4n) is 4.04. The molecule has 164 valence electrons. The van der Waals surface area contributed by atoms with Gasteiger partial charge >= 0.3 is 5.95 Å². The monoisotopic (exact) mass is 508 g/mol. The third-order valence-electron chi connectivity index (χ3n) is 5.60. The molecule has 0 fully saturated rings. The van der Waals surface area contributed by atoms with Gasteiger partial charge in [-0.1, -0.05) is 70.5 Å². The van der Waals surface area contributed by atoms with Gasteiger partial charge in [0.05, 0.1) is 16.9 Å². The van der Waals surface area contributed by atoms with Gasteiger partial charge in [-0.05, 0) is 41.8 Å². The normalized spacial score (nSPS) is 12.7. The first-order chi connectivity index (χ1) is 16.7. The molecule has 4 aromatic carbocycles. The number of anilines is 1. The van der Waals surface area contributed by atoms with E-state index in [1.165, 1.54) is 0 Å². The molecular weight excluding hydrogens is 492 g/mol. The van der Waals surface area contributed by atoms with Crippen LogP contribution in [0.3, 0.4) is 0 Å². The van der Waals surface area contributed by atoms with E-state index in [4.69, 9.17) is 9.41 Å². The van der Waals surface area contributed by atoms with E-state index in [0.29, 0.717) is 22.8 Å². The predicted molar refractivity (Wildman–Crippen MR) is 138 cm³/mol. The predicted octanol–water partition coefficient (Wildman–Crippen LogP) is 8.49. The summed E-state index contributed by atoms with van der Waals surface area (Å²) in [6.45, 7) is 0. The van der Waals surface area contributed by atoms with Crippen molar-refractivity contribution in [3.05, 3.63) is 101 Å². The third-order valence-corrected chi connectivity index (χ3v) is 6.13. The maximum Gasteiger partial charge on any atom is 0.312 e. The number of rotatable bonds is 4. The Morgan fingerprint density at radius 1 is 0.824 bits per heavy atom. The number of hydrogen-bond acceptors (Lipinski definition) is 6. The molecular formula is C27H17BrN4O2. The van der Waals surface area contributed by atoms with Crippen LogP contribution in [0.1, 0.15) is 5.56 Å². The zero-order chi connectivity index (χ0) is 23.1. The summed E-state index contributed by atoms with van der Waals surface area (Å²) in [5, 5.41) is 25.0. The molecule has 5 aromatic rings. The van der Waals surface area contributed by atoms with Crippen molar-refractivity contribution in [1.82, 2.24) is 0 Å². The Labute approximate surface area is 203 Å². The lowest BCUT2D eigenvalue weighted by atomic mass is 10.0. The Kier molecular flexibility index (Phi) is 4.96. The number of amidine groups is 1. The lowest BCUT2D eigenvalue weighted by Gasteiger charge is -2.19. The standard InChI is InChI=1S/C27H17BrN4O2/c28-18-12-14-19(15-13-18)31-32-24-23(25(34-27(24)33)17-6-2-1-3-7-17)26-29-20-10-4-8-16-9-5-11-21(30-26)22(16)20/h1-15,33H,(H,29,30). The van der Waals surface area contributed by atoms with Gasteiger partial charge in [-0.2, -0.15) is 5.11 Å². The Bertz CT molecular complexity index is 1580. The number of aliphatic imine (C=N–C) groups is 1. The SMILES string of the molecule is Oc1oc(-c2ccccc2)c(C2=Nc3cccc4cccc(c34)N2)c1N=Nc1ccc(Br)cc1. The molecule has 6 nitrogen and oxygen atoms in total. The number of azo groups is 1. The number of halogens is 1. The smallest absolute Gasteiger partial charge is 0.312 e. The fourth-order valence-corrected chi connectivity index (χ4v) is 4.31. The molecule has 1 aromatic heterocycles. The zero-order valence-electron chi connectivity index (χ0n) is 17.7. The van der Waals surface area contributed by atoms with Gasteiger partial charge in [-0.25, -0.2) is 4.99 Å². The Hall–Kier alpha value is -4.23. The van der Waals surface area contributed by atoms with Crippen LogP contribution >= 0.6 is 15.9 Å². The van der Waals surface area contributed by atoms with E-state index in [1.54, 1.807) is 0 Å². The molecule has 1 aliphatic heterocycles. The molecule has 0 amide bonds. The first-order valence-corrected chi connectivity index (χ1v) is 11.4. The Morgan fingerprint density at radius 2 is 1.59 bits per heavy atom. The van der Waals surface area contributed by atoms with Gasteiger partial charge in [0.2, 0.25) is 0 Å². The molecule has 2 heterocycles. The minimum atomic E-state index is -0.323. The highest BCUT2D eigenvalue weighted by atomic mass is 79.9. The molecule has 2 N–H and O–H groups in total. The van der Waals surface area contributed by atoms with Crippen molar-refractivity contribution in [3.8, 4) is 17.3 Å². The number of benzene rings is 4. The maximum atomic E-state index is 10.8. The van der Waals surface area contributed by atoms with Crippen LogP contribution in [0.5, 0.6) is 5.95 Å². The van der Waals surface area contributed by atoms with Crippen LogP contribution in [0.4, 0.5) is 22.7 Å². The zero-order valence-corrected chi connectivity index (χ0v) is 19.3. The summed E-state index contributed by atoms with van der Waals surface area (Å²) in [4.78, 5) is 4.89.